The van der Waals surface area contributed by atoms with Crippen LogP contribution in [0.15, 0.2) is 17.7 Å². The number of ether oxygens (including phenoxy) is 1. The molecular weight excluding hydrogens is 144 g/mol. The third kappa shape index (κ3) is 4.12. The van der Waals surface area contributed by atoms with Crippen molar-refractivity contribution < 1.29 is 14.3 Å². The average Bonchev–Trinajstić information content (AvgIpc) is 1.99. The molecule has 0 radical (unpaired) electrons. The van der Waals surface area contributed by atoms with Gasteiger partial charge in [0.2, 0.25) is 0 Å². The standard InChI is InChI=1S/C8H10O3/c1-6(2)8(10)11-5-7(3)4-9/h1,5H2,2-3H3. The van der Waals surface area contributed by atoms with E-state index in [1.165, 1.54) is 0 Å². The molecule has 0 saturated carbocycles. The highest BCUT2D eigenvalue weighted by atomic mass is 16.5. The van der Waals surface area contributed by atoms with Gasteiger partial charge in [0.15, 0.2) is 0 Å². The van der Waals surface area contributed by atoms with Gasteiger partial charge >= 0.3 is 5.97 Å². The van der Waals surface area contributed by atoms with E-state index in [4.69, 9.17) is 0 Å². The lowest BCUT2D eigenvalue weighted by molar-refractivity contribution is -0.137. The molecule has 60 valence electrons. The lowest BCUT2D eigenvalue weighted by Gasteiger charge is -2.00. The molecule has 3 heteroatoms. The molecule has 0 fully saturated rings. The highest BCUT2D eigenvalue weighted by Crippen LogP contribution is 1.94. The summed E-state index contributed by atoms with van der Waals surface area (Å²) in [7, 11) is 0. The third-order valence-corrected chi connectivity index (χ3v) is 0.942. The Bertz CT molecular complexity index is 221. The molecular formula is C8H10O3. The summed E-state index contributed by atoms with van der Waals surface area (Å²) in [5.74, 6) is 1.13. The summed E-state index contributed by atoms with van der Waals surface area (Å²) in [6.07, 6.45) is 0. The molecule has 0 amide bonds. The predicted octanol–water partition coefficient (Wildman–Crippen LogP) is 0.884. The Morgan fingerprint density at radius 1 is 1.55 bits per heavy atom. The van der Waals surface area contributed by atoms with Gasteiger partial charge in [-0.15, -0.1) is 0 Å². The second kappa shape index (κ2) is 4.47. The normalized spacial score (nSPS) is 8.18. The number of hydrogen-bond acceptors (Lipinski definition) is 3. The van der Waals surface area contributed by atoms with Crippen LogP contribution in [0.5, 0.6) is 0 Å². The van der Waals surface area contributed by atoms with Crippen molar-refractivity contribution in [3.8, 4) is 0 Å². The van der Waals surface area contributed by atoms with Gasteiger partial charge in [-0.2, -0.15) is 0 Å². The van der Waals surface area contributed by atoms with Crippen LogP contribution in [0.2, 0.25) is 0 Å². The van der Waals surface area contributed by atoms with Gasteiger partial charge < -0.3 is 4.74 Å². The summed E-state index contributed by atoms with van der Waals surface area (Å²) in [6, 6.07) is 0. The Morgan fingerprint density at radius 2 is 2.09 bits per heavy atom. The average molecular weight is 154 g/mol. The number of rotatable bonds is 3. The topological polar surface area (TPSA) is 43.4 Å². The Labute approximate surface area is 65.4 Å². The summed E-state index contributed by atoms with van der Waals surface area (Å²) in [5, 5.41) is 0. The maximum atomic E-state index is 10.7. The highest BCUT2D eigenvalue weighted by Gasteiger charge is 2.02. The molecule has 0 N–H and O–H groups in total. The number of carbonyl (C=O) groups excluding carboxylic acids is 2. The van der Waals surface area contributed by atoms with E-state index in [0.29, 0.717) is 11.1 Å². The first-order valence-electron chi connectivity index (χ1n) is 3.11. The smallest absolute Gasteiger partial charge is 0.333 e. The van der Waals surface area contributed by atoms with Crippen LogP contribution >= 0.6 is 0 Å². The van der Waals surface area contributed by atoms with Crippen LogP contribution in [0.3, 0.4) is 0 Å². The molecule has 0 aromatic heterocycles. The zero-order chi connectivity index (χ0) is 8.85. The van der Waals surface area contributed by atoms with Crippen molar-refractivity contribution in [2.75, 3.05) is 6.61 Å². The highest BCUT2D eigenvalue weighted by molar-refractivity contribution is 5.87. The molecule has 0 atom stereocenters. The second-order valence-corrected chi connectivity index (χ2v) is 2.24. The minimum Gasteiger partial charge on any atom is -0.457 e. The zero-order valence-electron chi connectivity index (χ0n) is 6.64. The van der Waals surface area contributed by atoms with Gasteiger partial charge in [0.1, 0.15) is 12.5 Å². The Kier molecular flexibility index (Phi) is 3.93. The van der Waals surface area contributed by atoms with E-state index in [1.54, 1.807) is 19.8 Å². The van der Waals surface area contributed by atoms with Crippen LogP contribution in [0.25, 0.3) is 0 Å². The molecule has 0 rings (SSSR count). The van der Waals surface area contributed by atoms with Crippen LogP contribution in [0, 0.1) is 0 Å². The van der Waals surface area contributed by atoms with E-state index >= 15 is 0 Å². The molecule has 0 bridgehead atoms. The van der Waals surface area contributed by atoms with Crippen molar-refractivity contribution >= 4 is 11.9 Å². The minimum atomic E-state index is -0.486. The Balaban J connectivity index is 3.81. The van der Waals surface area contributed by atoms with Crippen LogP contribution in [-0.2, 0) is 14.3 Å². The molecule has 0 heterocycles. The summed E-state index contributed by atoms with van der Waals surface area (Å²) >= 11 is 0. The summed E-state index contributed by atoms with van der Waals surface area (Å²) in [4.78, 5) is 20.6. The lowest BCUT2D eigenvalue weighted by Crippen LogP contribution is -2.06. The number of hydrogen-bond donors (Lipinski definition) is 0. The minimum absolute atomic E-state index is 0.00477. The van der Waals surface area contributed by atoms with Crippen LogP contribution in [0.1, 0.15) is 13.8 Å². The number of carbonyl (C=O) groups is 1. The van der Waals surface area contributed by atoms with Gasteiger partial charge in [0, 0.05) is 11.1 Å². The maximum Gasteiger partial charge on any atom is 0.333 e. The lowest BCUT2D eigenvalue weighted by atomic mass is 10.3. The maximum absolute atomic E-state index is 10.7. The molecule has 3 nitrogen and oxygen atoms in total. The van der Waals surface area contributed by atoms with E-state index in [-0.39, 0.29) is 6.61 Å². The fourth-order valence-electron chi connectivity index (χ4n) is 0.326. The van der Waals surface area contributed by atoms with E-state index in [0.717, 1.165) is 0 Å². The van der Waals surface area contributed by atoms with Crippen molar-refractivity contribution in [3.63, 3.8) is 0 Å². The third-order valence-electron chi connectivity index (χ3n) is 0.942. The van der Waals surface area contributed by atoms with E-state index in [9.17, 15) is 9.59 Å². The molecule has 0 aromatic carbocycles. The molecule has 0 aromatic rings. The van der Waals surface area contributed by atoms with Gasteiger partial charge in [0.25, 0.3) is 0 Å². The van der Waals surface area contributed by atoms with Crippen molar-refractivity contribution in [2.24, 2.45) is 0 Å². The van der Waals surface area contributed by atoms with Crippen LogP contribution in [-0.4, -0.2) is 18.5 Å². The molecule has 0 aliphatic heterocycles. The van der Waals surface area contributed by atoms with Gasteiger partial charge in [-0.1, -0.05) is 6.58 Å². The number of esters is 1. The van der Waals surface area contributed by atoms with Crippen molar-refractivity contribution in [1.29, 1.82) is 0 Å². The van der Waals surface area contributed by atoms with Crippen LogP contribution < -0.4 is 0 Å². The monoisotopic (exact) mass is 154 g/mol. The quantitative estimate of drug-likeness (QED) is 0.344. The second-order valence-electron chi connectivity index (χ2n) is 2.24. The van der Waals surface area contributed by atoms with Crippen LogP contribution in [0.4, 0.5) is 0 Å². The summed E-state index contributed by atoms with van der Waals surface area (Å²) < 4.78 is 4.62. The molecule has 0 spiro atoms. The van der Waals surface area contributed by atoms with Crippen molar-refractivity contribution in [1.82, 2.24) is 0 Å². The SMILES string of the molecule is C=C(C)C(=O)OCC(C)=C=O. The zero-order valence-corrected chi connectivity index (χ0v) is 6.64. The van der Waals surface area contributed by atoms with Crippen molar-refractivity contribution in [2.45, 2.75) is 13.8 Å². The van der Waals surface area contributed by atoms with Gasteiger partial charge in [0.05, 0.1) is 0 Å². The Morgan fingerprint density at radius 3 is 2.45 bits per heavy atom. The van der Waals surface area contributed by atoms with E-state index in [2.05, 4.69) is 11.3 Å². The Hall–Kier alpha value is -1.34. The fraction of sp³-hybridized carbons (Fsp3) is 0.375. The molecule has 0 aliphatic carbocycles. The summed E-state index contributed by atoms with van der Waals surface area (Å²) in [5.41, 5.74) is 0.684. The fourth-order valence-corrected chi connectivity index (χ4v) is 0.326. The first-order valence-corrected chi connectivity index (χ1v) is 3.11. The predicted molar refractivity (Wildman–Crippen MR) is 40.7 cm³/mol. The molecule has 0 saturated heterocycles. The molecule has 0 aliphatic rings. The van der Waals surface area contributed by atoms with Crippen molar-refractivity contribution in [3.05, 3.63) is 17.7 Å². The largest absolute Gasteiger partial charge is 0.457 e. The molecule has 0 unspecified atom stereocenters. The molecule has 11 heavy (non-hydrogen) atoms. The van der Waals surface area contributed by atoms with Gasteiger partial charge in [-0.3, -0.25) is 0 Å². The first-order chi connectivity index (χ1) is 5.07. The summed E-state index contributed by atoms with van der Waals surface area (Å²) in [6.45, 7) is 6.46. The first kappa shape index (κ1) is 9.66. The van der Waals surface area contributed by atoms with Gasteiger partial charge in [-0.25, -0.2) is 9.59 Å². The van der Waals surface area contributed by atoms with E-state index in [1.807, 2.05) is 0 Å². The van der Waals surface area contributed by atoms with Gasteiger partial charge in [-0.05, 0) is 13.8 Å². The van der Waals surface area contributed by atoms with E-state index < -0.39 is 5.97 Å².